The van der Waals surface area contributed by atoms with Crippen LogP contribution in [0, 0.1) is 12.7 Å². The Hall–Kier alpha value is -1.46. The van der Waals surface area contributed by atoms with Gasteiger partial charge in [0, 0.05) is 29.4 Å². The summed E-state index contributed by atoms with van der Waals surface area (Å²) in [6.07, 6.45) is 2.52. The van der Waals surface area contributed by atoms with Crippen molar-refractivity contribution >= 4 is 34.0 Å². The molecule has 0 bridgehead atoms. The van der Waals surface area contributed by atoms with E-state index in [1.54, 1.807) is 17.4 Å². The molecule has 0 atom stereocenters. The molecule has 2 heterocycles. The smallest absolute Gasteiger partial charge is 0.125 e. The molecule has 0 radical (unpaired) electrons. The topological polar surface area (TPSA) is 30.7 Å². The molecule has 3 aromatic rings. The van der Waals surface area contributed by atoms with Gasteiger partial charge in [-0.25, -0.2) is 14.4 Å². The Labute approximate surface area is 125 Å². The molecule has 0 N–H and O–H groups in total. The minimum absolute atomic E-state index is 0.273. The van der Waals surface area contributed by atoms with Crippen molar-refractivity contribution in [2.45, 2.75) is 19.9 Å². The van der Waals surface area contributed by atoms with Crippen LogP contribution in [0.2, 0.25) is 0 Å². The number of imidazole rings is 1. The maximum absolute atomic E-state index is 13.3. The number of halogens is 2. The number of fused-ring (bicyclic) bond motifs is 1. The predicted molar refractivity (Wildman–Crippen MR) is 80.1 cm³/mol. The van der Waals surface area contributed by atoms with Crippen LogP contribution in [0.1, 0.15) is 15.7 Å². The van der Waals surface area contributed by atoms with Gasteiger partial charge in [-0.3, -0.25) is 0 Å². The van der Waals surface area contributed by atoms with E-state index in [0.29, 0.717) is 24.4 Å². The first-order chi connectivity index (χ1) is 9.67. The van der Waals surface area contributed by atoms with E-state index in [1.165, 1.54) is 17.0 Å². The van der Waals surface area contributed by atoms with E-state index in [0.717, 1.165) is 16.3 Å². The lowest BCUT2D eigenvalue weighted by molar-refractivity contribution is 0.629. The Kier molecular flexibility index (Phi) is 3.72. The average Bonchev–Trinajstić information content (AvgIpc) is 2.95. The van der Waals surface area contributed by atoms with Crippen LogP contribution in [0.15, 0.2) is 24.4 Å². The summed E-state index contributed by atoms with van der Waals surface area (Å²) in [5, 5.41) is 1.02. The number of alkyl halides is 1. The second-order valence-corrected chi connectivity index (χ2v) is 6.25. The van der Waals surface area contributed by atoms with Gasteiger partial charge in [-0.1, -0.05) is 0 Å². The highest BCUT2D eigenvalue weighted by Crippen LogP contribution is 2.21. The molecule has 2 aromatic heterocycles. The van der Waals surface area contributed by atoms with Crippen molar-refractivity contribution in [2.24, 2.45) is 0 Å². The van der Waals surface area contributed by atoms with Gasteiger partial charge in [-0.2, -0.15) is 0 Å². The van der Waals surface area contributed by atoms with Crippen molar-refractivity contribution in [3.8, 4) is 0 Å². The van der Waals surface area contributed by atoms with Crippen molar-refractivity contribution < 1.29 is 4.39 Å². The maximum Gasteiger partial charge on any atom is 0.125 e. The van der Waals surface area contributed by atoms with Crippen LogP contribution >= 0.6 is 22.9 Å². The van der Waals surface area contributed by atoms with E-state index >= 15 is 0 Å². The lowest BCUT2D eigenvalue weighted by Gasteiger charge is -2.06. The molecule has 0 amide bonds. The summed E-state index contributed by atoms with van der Waals surface area (Å²) >= 11 is 7.49. The minimum Gasteiger partial charge on any atom is -0.321 e. The quantitative estimate of drug-likeness (QED) is 0.687. The molecule has 0 spiro atoms. The van der Waals surface area contributed by atoms with Crippen LogP contribution in [-0.4, -0.2) is 20.4 Å². The number of benzene rings is 1. The number of hydrogen-bond donors (Lipinski definition) is 0. The third kappa shape index (κ3) is 2.55. The van der Waals surface area contributed by atoms with Gasteiger partial charge in [0.25, 0.3) is 0 Å². The number of hydrogen-bond acceptors (Lipinski definition) is 3. The standard InChI is InChI=1S/C14H13ClFN3S/c1-9-7-17-14(20-9)8-19-12-3-2-10(16)6-11(12)18-13(19)4-5-15/h2-3,6-7H,4-5,8H2,1H3. The van der Waals surface area contributed by atoms with E-state index in [4.69, 9.17) is 11.6 Å². The molecule has 6 heteroatoms. The normalized spacial score (nSPS) is 11.3. The van der Waals surface area contributed by atoms with Crippen LogP contribution in [-0.2, 0) is 13.0 Å². The van der Waals surface area contributed by atoms with Crippen molar-refractivity contribution in [1.82, 2.24) is 14.5 Å². The first-order valence-electron chi connectivity index (χ1n) is 6.29. The SMILES string of the molecule is Cc1cnc(Cn2c(CCCl)nc3cc(F)ccc32)s1. The van der Waals surface area contributed by atoms with Gasteiger partial charge in [0.2, 0.25) is 0 Å². The monoisotopic (exact) mass is 309 g/mol. The second kappa shape index (κ2) is 5.50. The van der Waals surface area contributed by atoms with Crippen molar-refractivity contribution in [3.63, 3.8) is 0 Å². The van der Waals surface area contributed by atoms with Crippen LogP contribution in [0.25, 0.3) is 11.0 Å². The molecular weight excluding hydrogens is 297 g/mol. The van der Waals surface area contributed by atoms with Gasteiger partial charge >= 0.3 is 0 Å². The van der Waals surface area contributed by atoms with Crippen LogP contribution in [0.5, 0.6) is 0 Å². The predicted octanol–water partition coefficient (Wildman–Crippen LogP) is 3.77. The fourth-order valence-electron chi connectivity index (χ4n) is 2.21. The number of thiazole rings is 1. The largest absolute Gasteiger partial charge is 0.321 e. The molecule has 1 aromatic carbocycles. The summed E-state index contributed by atoms with van der Waals surface area (Å²) < 4.78 is 15.4. The molecule has 0 fully saturated rings. The summed E-state index contributed by atoms with van der Waals surface area (Å²) in [6, 6.07) is 4.67. The first kappa shape index (κ1) is 13.5. The number of nitrogens with zero attached hydrogens (tertiary/aromatic N) is 3. The molecule has 20 heavy (non-hydrogen) atoms. The van der Waals surface area contributed by atoms with Crippen LogP contribution < -0.4 is 0 Å². The Morgan fingerprint density at radius 1 is 1.40 bits per heavy atom. The minimum atomic E-state index is -0.273. The van der Waals surface area contributed by atoms with E-state index in [-0.39, 0.29) is 5.82 Å². The van der Waals surface area contributed by atoms with E-state index in [9.17, 15) is 4.39 Å². The molecule has 0 aliphatic carbocycles. The Morgan fingerprint density at radius 2 is 2.25 bits per heavy atom. The maximum atomic E-state index is 13.3. The van der Waals surface area contributed by atoms with Crippen LogP contribution in [0.3, 0.4) is 0 Å². The van der Waals surface area contributed by atoms with Crippen molar-refractivity contribution in [2.75, 3.05) is 5.88 Å². The highest BCUT2D eigenvalue weighted by Gasteiger charge is 2.12. The molecular formula is C14H13ClFN3S. The zero-order valence-electron chi connectivity index (χ0n) is 10.9. The highest BCUT2D eigenvalue weighted by molar-refractivity contribution is 7.11. The Morgan fingerprint density at radius 3 is 2.95 bits per heavy atom. The Balaban J connectivity index is 2.08. The van der Waals surface area contributed by atoms with Crippen molar-refractivity contribution in [3.05, 3.63) is 45.9 Å². The van der Waals surface area contributed by atoms with Gasteiger partial charge < -0.3 is 4.57 Å². The molecule has 0 saturated carbocycles. The number of aromatic nitrogens is 3. The van der Waals surface area contributed by atoms with Gasteiger partial charge in [0.15, 0.2) is 0 Å². The third-order valence-corrected chi connectivity index (χ3v) is 4.16. The Bertz CT molecular complexity index is 750. The van der Waals surface area contributed by atoms with E-state index in [2.05, 4.69) is 14.5 Å². The summed E-state index contributed by atoms with van der Waals surface area (Å²) in [7, 11) is 0. The summed E-state index contributed by atoms with van der Waals surface area (Å²) in [5.74, 6) is 1.08. The number of rotatable bonds is 4. The van der Waals surface area contributed by atoms with Gasteiger partial charge in [-0.05, 0) is 19.1 Å². The molecule has 0 aliphatic rings. The van der Waals surface area contributed by atoms with Gasteiger partial charge in [0.05, 0.1) is 17.6 Å². The fraction of sp³-hybridized carbons (Fsp3) is 0.286. The lowest BCUT2D eigenvalue weighted by atomic mass is 10.3. The molecule has 104 valence electrons. The van der Waals surface area contributed by atoms with E-state index < -0.39 is 0 Å². The zero-order valence-corrected chi connectivity index (χ0v) is 12.5. The summed E-state index contributed by atoms with van der Waals surface area (Å²) in [5.41, 5.74) is 1.58. The molecule has 3 nitrogen and oxygen atoms in total. The summed E-state index contributed by atoms with van der Waals surface area (Å²) in [6.45, 7) is 2.68. The summed E-state index contributed by atoms with van der Waals surface area (Å²) in [4.78, 5) is 10.0. The molecule has 0 saturated heterocycles. The fourth-order valence-corrected chi connectivity index (χ4v) is 3.16. The molecule has 0 unspecified atom stereocenters. The second-order valence-electron chi connectivity index (χ2n) is 4.55. The molecule has 3 rings (SSSR count). The zero-order chi connectivity index (χ0) is 14.1. The molecule has 0 aliphatic heterocycles. The van der Waals surface area contributed by atoms with Crippen molar-refractivity contribution in [1.29, 1.82) is 0 Å². The number of aryl methyl sites for hydroxylation is 2. The lowest BCUT2D eigenvalue weighted by Crippen LogP contribution is -2.05. The third-order valence-electron chi connectivity index (χ3n) is 3.07. The van der Waals surface area contributed by atoms with Gasteiger partial charge in [0.1, 0.15) is 16.6 Å². The highest BCUT2D eigenvalue weighted by atomic mass is 35.5. The average molecular weight is 310 g/mol. The van der Waals surface area contributed by atoms with Gasteiger partial charge in [-0.15, -0.1) is 22.9 Å². The first-order valence-corrected chi connectivity index (χ1v) is 7.64. The van der Waals surface area contributed by atoms with Crippen LogP contribution in [0.4, 0.5) is 4.39 Å². The van der Waals surface area contributed by atoms with E-state index in [1.807, 2.05) is 13.1 Å².